The summed E-state index contributed by atoms with van der Waals surface area (Å²) in [5.41, 5.74) is 3.39. The van der Waals surface area contributed by atoms with Crippen molar-refractivity contribution in [3.8, 4) is 0 Å². The van der Waals surface area contributed by atoms with Gasteiger partial charge in [0.1, 0.15) is 18.3 Å². The van der Waals surface area contributed by atoms with Crippen molar-refractivity contribution in [2.45, 2.75) is 194 Å². The molecule has 0 aromatic carbocycles. The van der Waals surface area contributed by atoms with Crippen LogP contribution in [0.15, 0.2) is 85.1 Å². The monoisotopic (exact) mass is 1070 g/mol. The van der Waals surface area contributed by atoms with Crippen molar-refractivity contribution >= 4 is 18.0 Å². The lowest BCUT2D eigenvalue weighted by Gasteiger charge is -2.47. The fraction of sp³-hybridized carbons (Fsp3) is 0.673. The van der Waals surface area contributed by atoms with Crippen LogP contribution >= 0.6 is 0 Å². The molecule has 75 heavy (non-hydrogen) atoms. The standard InChI is InChI=1S/C52H81N3O20/c1-29-17-15-13-11-9-7-5-6-8-10-12-14-16-18-36(74-48-47(66)43(53)46(65)32(4)73-48)24-40-44(54-50(69)55-27-41(62)52(71,28-55)49(67)68)39(61)26-51(70,75-40)25-35(58)22-38(60)37(59)20-19-33(56)21-34(57)23-42(63)72-31(3)30(2)45(29)64/h5-18,29-41,43-48,56-62,64-66,70-71H,19-28,53H2,1-4H3,(H,54,69)(H,67,68)/b6-5+,9-7+,10-8+,13-11+,14-12+,17-15+,18-16+/t29-,30-,31-,32+,33+,34+,35-,36-,37+,38+,39-,40-,41+,43-,44+,45+,46+,47-,48-,51+,52-/m0/s1. The molecule has 4 aliphatic rings. The van der Waals surface area contributed by atoms with Crippen LogP contribution in [0.1, 0.15) is 79.1 Å². The summed E-state index contributed by atoms with van der Waals surface area (Å²) in [7, 11) is 0. The fourth-order valence-corrected chi connectivity index (χ4v) is 9.25. The van der Waals surface area contributed by atoms with Gasteiger partial charge in [-0.25, -0.2) is 9.59 Å². The molecular formula is C52H81N3O20. The van der Waals surface area contributed by atoms with Crippen LogP contribution in [-0.4, -0.2) is 218 Å². The molecule has 0 spiro atoms. The number of nitrogens with zero attached hydrogens (tertiary/aromatic N) is 1. The van der Waals surface area contributed by atoms with Crippen LogP contribution in [0.25, 0.3) is 0 Å². The maximum atomic E-state index is 13.7. The number of rotatable bonds is 4. The highest BCUT2D eigenvalue weighted by atomic mass is 16.7. The van der Waals surface area contributed by atoms with Crippen molar-refractivity contribution < 1.29 is 99.7 Å². The summed E-state index contributed by atoms with van der Waals surface area (Å²) in [6.45, 7) is 5.23. The van der Waals surface area contributed by atoms with Gasteiger partial charge in [0.15, 0.2) is 12.1 Å². The van der Waals surface area contributed by atoms with E-state index in [1.807, 2.05) is 6.92 Å². The first-order valence-electron chi connectivity index (χ1n) is 25.4. The van der Waals surface area contributed by atoms with Gasteiger partial charge in [0, 0.05) is 37.5 Å². The highest BCUT2D eigenvalue weighted by Gasteiger charge is 2.54. The highest BCUT2D eigenvalue weighted by molar-refractivity contribution is 5.82. The number of ether oxygens (including phenoxy) is 4. The van der Waals surface area contributed by atoms with Crippen LogP contribution in [0.5, 0.6) is 0 Å². The zero-order valence-electron chi connectivity index (χ0n) is 42.8. The van der Waals surface area contributed by atoms with Gasteiger partial charge < -0.3 is 101 Å². The number of carbonyl (C=O) groups excluding carboxylic acids is 2. The third-order valence-electron chi connectivity index (χ3n) is 14.1. The molecule has 0 saturated carbocycles. The molecule has 0 aromatic heterocycles. The minimum atomic E-state index is -2.71. The number of fused-ring (bicyclic) bond motifs is 2. The van der Waals surface area contributed by atoms with Gasteiger partial charge in [-0.2, -0.15) is 0 Å². The Morgan fingerprint density at radius 2 is 1.28 bits per heavy atom. The van der Waals surface area contributed by atoms with Gasteiger partial charge in [-0.3, -0.25) is 4.79 Å². The van der Waals surface area contributed by atoms with Crippen LogP contribution in [0.2, 0.25) is 0 Å². The number of carbonyl (C=O) groups is 3. The number of likely N-dealkylation sites (tertiary alicyclic amines) is 1. The summed E-state index contributed by atoms with van der Waals surface area (Å²) in [5, 5.41) is 143. The summed E-state index contributed by atoms with van der Waals surface area (Å²) >= 11 is 0. The maximum Gasteiger partial charge on any atom is 0.340 e. The predicted octanol–water partition coefficient (Wildman–Crippen LogP) is -1.42. The first-order chi connectivity index (χ1) is 35.2. The normalized spacial score (nSPS) is 45.0. The molecule has 3 fully saturated rings. The molecular weight excluding hydrogens is 987 g/mol. The van der Waals surface area contributed by atoms with E-state index in [1.165, 1.54) is 13.0 Å². The van der Waals surface area contributed by atoms with E-state index in [9.17, 15) is 80.8 Å². The smallest absolute Gasteiger partial charge is 0.340 e. The number of hydrogen-bond acceptors (Lipinski definition) is 20. The fourth-order valence-electron chi connectivity index (χ4n) is 9.25. The second-order valence-electron chi connectivity index (χ2n) is 20.3. The molecule has 2 bridgehead atoms. The maximum absolute atomic E-state index is 13.7. The molecule has 0 unspecified atom stereocenters. The number of nitrogens with one attached hydrogen (secondary N) is 1. The average Bonchev–Trinajstić information content (AvgIpc) is 3.65. The number of aliphatic carboxylic acids is 1. The largest absolute Gasteiger partial charge is 0.479 e. The Balaban J connectivity index is 1.63. The second-order valence-corrected chi connectivity index (χ2v) is 20.3. The van der Waals surface area contributed by atoms with Crippen LogP contribution in [0, 0.1) is 11.8 Å². The van der Waals surface area contributed by atoms with Crippen molar-refractivity contribution in [3.63, 3.8) is 0 Å². The van der Waals surface area contributed by atoms with Crippen molar-refractivity contribution in [1.29, 1.82) is 0 Å². The number of nitrogens with two attached hydrogens (primary N) is 1. The molecule has 2 amide bonds. The molecule has 16 N–H and O–H groups in total. The summed E-state index contributed by atoms with van der Waals surface area (Å²) in [6.07, 6.45) is 0.371. The van der Waals surface area contributed by atoms with Crippen LogP contribution in [0.3, 0.4) is 0 Å². The van der Waals surface area contributed by atoms with Gasteiger partial charge in [-0.05, 0) is 33.1 Å². The molecule has 0 aromatic rings. The van der Waals surface area contributed by atoms with E-state index in [4.69, 9.17) is 24.7 Å². The SMILES string of the molecule is C[C@@H]1[C@H](O)[C@@H](C)/C=C/C=C/C=C/C=C/C=C/C=C/C=C/[C@H](O[C@@H]2O[C@H](C)[C@@H](O)[C@H](N)[C@@H]2O)C[C@@H]2O[C@](O)(C[C@@H](O)C[C@@H](O)[C@H](O)CC[C@@H](O)C[C@@H](O)CC(=O)O[C@H]1C)C[C@H](O)[C@H]2NC(=O)N1C[C@@H](O)[C@](O)(C(=O)O)C1. The Bertz CT molecular complexity index is 2040. The van der Waals surface area contributed by atoms with Gasteiger partial charge in [-0.15, -0.1) is 0 Å². The number of carboxylic acid groups (broad SMARTS) is 1. The Labute approximate surface area is 436 Å². The van der Waals surface area contributed by atoms with Crippen molar-refractivity contribution in [3.05, 3.63) is 85.1 Å². The molecule has 3 saturated heterocycles. The van der Waals surface area contributed by atoms with Gasteiger partial charge in [0.25, 0.3) is 0 Å². The Morgan fingerprint density at radius 3 is 1.87 bits per heavy atom. The van der Waals surface area contributed by atoms with Gasteiger partial charge >= 0.3 is 18.0 Å². The molecule has 424 valence electrons. The number of urea groups is 1. The Kier molecular flexibility index (Phi) is 24.9. The van der Waals surface area contributed by atoms with Crippen molar-refractivity contribution in [2.75, 3.05) is 13.1 Å². The minimum absolute atomic E-state index is 0.146. The number of aliphatic hydroxyl groups is 12. The third-order valence-corrected chi connectivity index (χ3v) is 14.1. The van der Waals surface area contributed by atoms with Gasteiger partial charge in [-0.1, -0.05) is 98.9 Å². The number of esters is 1. The lowest BCUT2D eigenvalue weighted by molar-refractivity contribution is -0.303. The van der Waals surface area contributed by atoms with Crippen LogP contribution in [0.4, 0.5) is 4.79 Å². The molecule has 4 heterocycles. The van der Waals surface area contributed by atoms with Crippen molar-refractivity contribution in [2.24, 2.45) is 17.6 Å². The summed E-state index contributed by atoms with van der Waals surface area (Å²) < 4.78 is 23.6. The van der Waals surface area contributed by atoms with Gasteiger partial charge in [0.2, 0.25) is 5.60 Å². The van der Waals surface area contributed by atoms with E-state index in [0.717, 1.165) is 4.90 Å². The summed E-state index contributed by atoms with van der Waals surface area (Å²) in [5.74, 6) is -5.73. The number of β-amino-alcohol motifs (C(OH)–C–C–N with tert-alkyl or cyclic N) is 2. The first kappa shape index (κ1) is 63.3. The number of allylic oxidation sites excluding steroid dienone is 12. The quantitative estimate of drug-likeness (QED) is 0.144. The van der Waals surface area contributed by atoms with Crippen LogP contribution < -0.4 is 11.1 Å². The number of hydrogen-bond donors (Lipinski definition) is 15. The molecule has 23 nitrogen and oxygen atoms in total. The third kappa shape index (κ3) is 19.0. The lowest BCUT2D eigenvalue weighted by Crippen LogP contribution is -2.64. The van der Waals surface area contributed by atoms with E-state index < -0.39 is 178 Å². The molecule has 4 rings (SSSR count). The van der Waals surface area contributed by atoms with E-state index >= 15 is 0 Å². The van der Waals surface area contributed by atoms with E-state index in [1.54, 1.807) is 92.8 Å². The number of cyclic esters (lactones) is 1. The number of amides is 2. The molecule has 0 aliphatic carbocycles. The summed E-state index contributed by atoms with van der Waals surface area (Å²) in [6, 6.07) is -3.70. The molecule has 0 radical (unpaired) electrons. The van der Waals surface area contributed by atoms with E-state index in [0.29, 0.717) is 0 Å². The average molecular weight is 1070 g/mol. The molecule has 23 heteroatoms. The lowest BCUT2D eigenvalue weighted by atomic mass is 9.87. The van der Waals surface area contributed by atoms with Crippen LogP contribution in [-0.2, 0) is 28.5 Å². The number of carboxylic acids is 1. The van der Waals surface area contributed by atoms with E-state index in [-0.39, 0.29) is 31.6 Å². The highest BCUT2D eigenvalue weighted by Crippen LogP contribution is 2.36. The Morgan fingerprint density at radius 1 is 0.693 bits per heavy atom. The van der Waals surface area contributed by atoms with E-state index in [2.05, 4.69) is 5.32 Å². The predicted molar refractivity (Wildman–Crippen MR) is 268 cm³/mol. The topological polar surface area (TPSA) is 392 Å². The van der Waals surface area contributed by atoms with Crippen molar-refractivity contribution in [1.82, 2.24) is 10.2 Å². The van der Waals surface area contributed by atoms with Gasteiger partial charge in [0.05, 0.1) is 98.7 Å². The zero-order chi connectivity index (χ0) is 55.8. The molecule has 21 atom stereocenters. The minimum Gasteiger partial charge on any atom is -0.479 e. The second kappa shape index (κ2) is 29.5. The first-order valence-corrected chi connectivity index (χ1v) is 25.4. The molecule has 4 aliphatic heterocycles. The number of aliphatic hydroxyl groups excluding tert-OH is 10. The zero-order valence-corrected chi connectivity index (χ0v) is 42.8. The Hall–Kier alpha value is -4.25. The summed E-state index contributed by atoms with van der Waals surface area (Å²) in [4.78, 5) is 39.0.